The van der Waals surface area contributed by atoms with Gasteiger partial charge >= 0.3 is 6.18 Å². The van der Waals surface area contributed by atoms with E-state index < -0.39 is 21.9 Å². The minimum Gasteiger partial charge on any atom is -0.497 e. The molecule has 10 heteroatoms. The molecule has 0 atom stereocenters. The number of benzene rings is 2. The maximum absolute atomic E-state index is 13.7. The number of primary sulfonamides is 1. The number of methoxy groups -OCH3 is 1. The quantitative estimate of drug-likeness (QED) is 0.713. The summed E-state index contributed by atoms with van der Waals surface area (Å²) in [7, 11) is -1.25. The van der Waals surface area contributed by atoms with Crippen molar-refractivity contribution in [1.29, 1.82) is 0 Å². The van der Waals surface area contributed by atoms with Crippen molar-refractivity contribution in [1.82, 2.24) is 9.78 Å². The molecule has 0 aliphatic heterocycles. The number of hydrogen-bond acceptors (Lipinski definition) is 4. The molecular formula is C18H16F3N3O3S. The molecule has 28 heavy (non-hydrogen) atoms. The van der Waals surface area contributed by atoms with E-state index in [0.29, 0.717) is 16.9 Å². The van der Waals surface area contributed by atoms with Gasteiger partial charge in [-0.05, 0) is 29.8 Å². The standard InChI is InChI=1S/C18H16F3N3O3S/c1-24-17(18(19,20)21)15(11-3-7-13(27-2)8-4-11)16(23-24)12-5-9-14(10-6-12)28(22,25)26/h3-10H,1-2H3,(H2,22,25,26). The van der Waals surface area contributed by atoms with Crippen LogP contribution >= 0.6 is 0 Å². The summed E-state index contributed by atoms with van der Waals surface area (Å²) in [6, 6.07) is 11.3. The fraction of sp³-hybridized carbons (Fsp3) is 0.167. The molecule has 0 bridgehead atoms. The van der Waals surface area contributed by atoms with Gasteiger partial charge in [0, 0.05) is 18.2 Å². The summed E-state index contributed by atoms with van der Waals surface area (Å²) in [4.78, 5) is -0.144. The second kappa shape index (κ2) is 6.95. The van der Waals surface area contributed by atoms with Gasteiger partial charge < -0.3 is 4.74 Å². The summed E-state index contributed by atoms with van der Waals surface area (Å²) in [6.45, 7) is 0. The molecule has 2 N–H and O–H groups in total. The Kier molecular flexibility index (Phi) is 4.94. The van der Waals surface area contributed by atoms with E-state index in [2.05, 4.69) is 5.10 Å². The van der Waals surface area contributed by atoms with Gasteiger partial charge in [0.15, 0.2) is 5.69 Å². The normalized spacial score (nSPS) is 12.2. The SMILES string of the molecule is COc1ccc(-c2c(-c3ccc(S(N)(=O)=O)cc3)nn(C)c2C(F)(F)F)cc1. The number of halogens is 3. The Labute approximate surface area is 159 Å². The van der Waals surface area contributed by atoms with Crippen molar-refractivity contribution >= 4 is 10.0 Å². The van der Waals surface area contributed by atoms with E-state index in [-0.39, 0.29) is 16.2 Å². The highest BCUT2D eigenvalue weighted by Crippen LogP contribution is 2.42. The van der Waals surface area contributed by atoms with Gasteiger partial charge in [-0.1, -0.05) is 24.3 Å². The molecule has 0 spiro atoms. The molecule has 2 aromatic carbocycles. The minimum atomic E-state index is -4.64. The van der Waals surface area contributed by atoms with Crippen molar-refractivity contribution < 1.29 is 26.3 Å². The van der Waals surface area contributed by atoms with Crippen LogP contribution < -0.4 is 9.88 Å². The van der Waals surface area contributed by atoms with Crippen LogP contribution in [0.1, 0.15) is 5.69 Å². The molecule has 148 valence electrons. The fourth-order valence-electron chi connectivity index (χ4n) is 2.88. The summed E-state index contributed by atoms with van der Waals surface area (Å²) in [6.07, 6.45) is -4.64. The lowest BCUT2D eigenvalue weighted by molar-refractivity contribution is -0.143. The van der Waals surface area contributed by atoms with Crippen molar-refractivity contribution in [2.75, 3.05) is 7.11 Å². The van der Waals surface area contributed by atoms with E-state index in [0.717, 1.165) is 4.68 Å². The third-order valence-electron chi connectivity index (χ3n) is 4.15. The van der Waals surface area contributed by atoms with E-state index in [1.807, 2.05) is 0 Å². The van der Waals surface area contributed by atoms with Crippen LogP contribution in [-0.4, -0.2) is 25.3 Å². The van der Waals surface area contributed by atoms with Gasteiger partial charge in [-0.3, -0.25) is 4.68 Å². The number of aromatic nitrogens is 2. The van der Waals surface area contributed by atoms with Gasteiger partial charge in [0.25, 0.3) is 0 Å². The predicted molar refractivity (Wildman–Crippen MR) is 97.0 cm³/mol. The molecule has 0 radical (unpaired) electrons. The Morgan fingerprint density at radius 2 is 1.54 bits per heavy atom. The van der Waals surface area contributed by atoms with Gasteiger partial charge in [-0.25, -0.2) is 13.6 Å². The zero-order valence-electron chi connectivity index (χ0n) is 14.9. The third-order valence-corrected chi connectivity index (χ3v) is 5.08. The van der Waals surface area contributed by atoms with Crippen LogP contribution in [0.4, 0.5) is 13.2 Å². The van der Waals surface area contributed by atoms with Crippen LogP contribution in [0.15, 0.2) is 53.4 Å². The van der Waals surface area contributed by atoms with Gasteiger partial charge in [0.1, 0.15) is 11.4 Å². The molecule has 1 aromatic heterocycles. The lowest BCUT2D eigenvalue weighted by Crippen LogP contribution is -2.13. The Hall–Kier alpha value is -2.85. The van der Waals surface area contributed by atoms with Crippen molar-refractivity contribution in [3.05, 3.63) is 54.2 Å². The van der Waals surface area contributed by atoms with Crippen LogP contribution in [0, 0.1) is 0 Å². The first-order chi connectivity index (χ1) is 13.0. The molecule has 1 heterocycles. The lowest BCUT2D eigenvalue weighted by atomic mass is 9.98. The number of alkyl halides is 3. The number of hydrogen-bond donors (Lipinski definition) is 1. The summed E-state index contributed by atoms with van der Waals surface area (Å²) in [5, 5.41) is 9.11. The molecule has 0 unspecified atom stereocenters. The van der Waals surface area contributed by atoms with Gasteiger partial charge in [-0.2, -0.15) is 18.3 Å². The van der Waals surface area contributed by atoms with E-state index in [1.54, 1.807) is 12.1 Å². The van der Waals surface area contributed by atoms with Crippen LogP contribution in [-0.2, 0) is 23.2 Å². The van der Waals surface area contributed by atoms with Crippen LogP contribution in [0.25, 0.3) is 22.4 Å². The van der Waals surface area contributed by atoms with E-state index >= 15 is 0 Å². The molecule has 0 aliphatic rings. The number of rotatable bonds is 4. The number of nitrogens with two attached hydrogens (primary N) is 1. The average molecular weight is 411 g/mol. The molecule has 6 nitrogen and oxygen atoms in total. The van der Waals surface area contributed by atoms with E-state index in [1.165, 1.54) is 50.6 Å². The summed E-state index contributed by atoms with van der Waals surface area (Å²) < 4.78 is 69.8. The molecule has 3 aromatic rings. The third kappa shape index (κ3) is 3.73. The Balaban J connectivity index is 2.24. The number of sulfonamides is 1. The molecule has 0 aliphatic carbocycles. The number of nitrogens with zero attached hydrogens (tertiary/aromatic N) is 2. The molecule has 0 amide bonds. The molecule has 0 fully saturated rings. The highest BCUT2D eigenvalue weighted by atomic mass is 32.2. The highest BCUT2D eigenvalue weighted by Gasteiger charge is 2.39. The molecule has 0 saturated heterocycles. The Bertz CT molecular complexity index is 1100. The summed E-state index contributed by atoms with van der Waals surface area (Å²) in [5.41, 5.74) is -0.332. The van der Waals surface area contributed by atoms with Gasteiger partial charge in [0.05, 0.1) is 12.0 Å². The minimum absolute atomic E-state index is 0.0703. The monoisotopic (exact) mass is 411 g/mol. The first kappa shape index (κ1) is 19.9. The van der Waals surface area contributed by atoms with Crippen LogP contribution in [0.3, 0.4) is 0 Å². The van der Waals surface area contributed by atoms with Crippen molar-refractivity contribution in [3.8, 4) is 28.1 Å². The van der Waals surface area contributed by atoms with E-state index in [4.69, 9.17) is 9.88 Å². The van der Waals surface area contributed by atoms with Gasteiger partial charge in [-0.15, -0.1) is 0 Å². The number of aryl methyl sites for hydroxylation is 1. The largest absolute Gasteiger partial charge is 0.497 e. The highest BCUT2D eigenvalue weighted by molar-refractivity contribution is 7.89. The van der Waals surface area contributed by atoms with Crippen molar-refractivity contribution in [3.63, 3.8) is 0 Å². The summed E-state index contributed by atoms with van der Waals surface area (Å²) in [5.74, 6) is 0.500. The van der Waals surface area contributed by atoms with Crippen molar-refractivity contribution in [2.45, 2.75) is 11.1 Å². The lowest BCUT2D eigenvalue weighted by Gasteiger charge is -2.11. The van der Waals surface area contributed by atoms with Crippen LogP contribution in [0.2, 0.25) is 0 Å². The first-order valence-corrected chi connectivity index (χ1v) is 9.49. The topological polar surface area (TPSA) is 87.2 Å². The average Bonchev–Trinajstić information content (AvgIpc) is 2.98. The van der Waals surface area contributed by atoms with E-state index in [9.17, 15) is 21.6 Å². The van der Waals surface area contributed by atoms with Gasteiger partial charge in [0.2, 0.25) is 10.0 Å². The Morgan fingerprint density at radius 1 is 1.00 bits per heavy atom. The zero-order valence-corrected chi connectivity index (χ0v) is 15.7. The summed E-state index contributed by atoms with van der Waals surface area (Å²) >= 11 is 0. The fourth-order valence-corrected chi connectivity index (χ4v) is 3.40. The Morgan fingerprint density at radius 3 is 2.00 bits per heavy atom. The molecule has 0 saturated carbocycles. The maximum Gasteiger partial charge on any atom is 0.433 e. The second-order valence-corrected chi connectivity index (χ2v) is 7.55. The number of ether oxygens (including phenoxy) is 1. The van der Waals surface area contributed by atoms with Crippen molar-refractivity contribution in [2.24, 2.45) is 12.2 Å². The predicted octanol–water partition coefficient (Wildman–Crippen LogP) is 3.43. The zero-order chi connectivity index (χ0) is 20.7. The smallest absolute Gasteiger partial charge is 0.433 e. The molecule has 3 rings (SSSR count). The van der Waals surface area contributed by atoms with Crippen LogP contribution in [0.5, 0.6) is 5.75 Å². The molecular weight excluding hydrogens is 395 g/mol. The first-order valence-electron chi connectivity index (χ1n) is 7.94. The maximum atomic E-state index is 13.7. The second-order valence-electron chi connectivity index (χ2n) is 5.99.